The number of carbonyl (C=O) groups is 1. The average Bonchev–Trinajstić information content (AvgIpc) is 3.26. The van der Waals surface area contributed by atoms with Crippen LogP contribution in [0.2, 0.25) is 0 Å². The summed E-state index contributed by atoms with van der Waals surface area (Å²) in [6.07, 6.45) is 6.13. The largest absolute Gasteiger partial charge is 0.487 e. The number of aliphatic carboxylic acids is 1. The Morgan fingerprint density at radius 3 is 2.78 bits per heavy atom. The van der Waals surface area contributed by atoms with E-state index in [1.54, 1.807) is 4.68 Å². The van der Waals surface area contributed by atoms with E-state index in [1.807, 2.05) is 45.3 Å². The molecule has 1 aliphatic rings. The van der Waals surface area contributed by atoms with Crippen LogP contribution in [0.5, 0.6) is 5.75 Å². The lowest BCUT2D eigenvalue weighted by atomic mass is 9.72. The molecule has 0 saturated heterocycles. The molecule has 4 rings (SSSR count). The SMILES string of the molecule is CCC1CN(Cc2cc(C(CCc3cn(CC)nn3)C(C)(C)C(=O)O)ccc2C)Cc2ncccc2O1. The van der Waals surface area contributed by atoms with Gasteiger partial charge in [0.1, 0.15) is 11.9 Å². The van der Waals surface area contributed by atoms with Crippen molar-refractivity contribution in [3.05, 3.63) is 70.8 Å². The number of aromatic nitrogens is 4. The van der Waals surface area contributed by atoms with Crippen LogP contribution >= 0.6 is 0 Å². The van der Waals surface area contributed by atoms with Crippen LogP contribution in [-0.2, 0) is 30.8 Å². The van der Waals surface area contributed by atoms with Gasteiger partial charge >= 0.3 is 5.97 Å². The van der Waals surface area contributed by atoms with Crippen LogP contribution in [0.25, 0.3) is 0 Å². The highest BCUT2D eigenvalue weighted by molar-refractivity contribution is 5.75. The van der Waals surface area contributed by atoms with Crippen molar-refractivity contribution in [3.63, 3.8) is 0 Å². The Balaban J connectivity index is 1.60. The zero-order valence-electron chi connectivity index (χ0n) is 22.6. The van der Waals surface area contributed by atoms with Gasteiger partial charge < -0.3 is 9.84 Å². The molecule has 1 aromatic carbocycles. The minimum atomic E-state index is -0.931. The lowest BCUT2D eigenvalue weighted by Crippen LogP contribution is -2.33. The predicted molar refractivity (Wildman–Crippen MR) is 142 cm³/mol. The van der Waals surface area contributed by atoms with Gasteiger partial charge in [-0.25, -0.2) is 0 Å². The monoisotopic (exact) mass is 505 g/mol. The zero-order chi connectivity index (χ0) is 26.6. The molecule has 198 valence electrons. The lowest BCUT2D eigenvalue weighted by Gasteiger charge is -2.32. The first-order valence-corrected chi connectivity index (χ1v) is 13.3. The molecule has 2 aromatic heterocycles. The number of fused-ring (bicyclic) bond motifs is 1. The predicted octanol–water partition coefficient (Wildman–Crippen LogP) is 5.00. The maximum Gasteiger partial charge on any atom is 0.309 e. The summed E-state index contributed by atoms with van der Waals surface area (Å²) in [5.41, 5.74) is 4.36. The number of ether oxygens (including phenoxy) is 1. The fraction of sp³-hybridized carbons (Fsp3) is 0.517. The molecule has 37 heavy (non-hydrogen) atoms. The number of hydrogen-bond acceptors (Lipinski definition) is 6. The first-order chi connectivity index (χ1) is 17.7. The first-order valence-electron chi connectivity index (χ1n) is 13.3. The summed E-state index contributed by atoms with van der Waals surface area (Å²) in [5.74, 6) is -0.102. The second-order valence-electron chi connectivity index (χ2n) is 10.6. The molecule has 2 unspecified atom stereocenters. The van der Waals surface area contributed by atoms with Crippen molar-refractivity contribution in [3.8, 4) is 5.75 Å². The highest BCUT2D eigenvalue weighted by Crippen LogP contribution is 2.40. The van der Waals surface area contributed by atoms with Crippen LogP contribution in [0.15, 0.2) is 42.7 Å². The first kappa shape index (κ1) is 26.8. The molecule has 0 aliphatic carbocycles. The number of carboxylic acid groups (broad SMARTS) is 1. The third-order valence-electron chi connectivity index (χ3n) is 7.62. The maximum absolute atomic E-state index is 12.3. The van der Waals surface area contributed by atoms with Gasteiger partial charge in [-0.05, 0) is 81.7 Å². The number of aryl methyl sites for hydroxylation is 3. The molecule has 1 N–H and O–H groups in total. The Morgan fingerprint density at radius 1 is 1.27 bits per heavy atom. The van der Waals surface area contributed by atoms with Crippen LogP contribution in [0.4, 0.5) is 0 Å². The topological polar surface area (TPSA) is 93.4 Å². The molecule has 0 bridgehead atoms. The second-order valence-corrected chi connectivity index (χ2v) is 10.6. The van der Waals surface area contributed by atoms with Crippen molar-refractivity contribution in [1.29, 1.82) is 0 Å². The molecule has 0 radical (unpaired) electrons. The summed E-state index contributed by atoms with van der Waals surface area (Å²) in [6, 6.07) is 10.3. The lowest BCUT2D eigenvalue weighted by molar-refractivity contribution is -0.148. The minimum Gasteiger partial charge on any atom is -0.487 e. The standard InChI is InChI=1S/C29H39N5O3/c1-6-24-18-33(19-26-27(37-24)9-8-14-30-26)16-22-15-21(11-10-20(22)3)25(29(4,5)28(35)36)13-12-23-17-34(7-2)32-31-23/h8-11,14-15,17,24-25H,6-7,12-13,16,18-19H2,1-5H3,(H,35,36). The Morgan fingerprint density at radius 2 is 2.08 bits per heavy atom. The molecule has 0 fully saturated rings. The van der Waals surface area contributed by atoms with Crippen molar-refractivity contribution in [2.75, 3.05) is 6.54 Å². The summed E-state index contributed by atoms with van der Waals surface area (Å²) in [4.78, 5) is 19.3. The van der Waals surface area contributed by atoms with Crippen molar-refractivity contribution in [1.82, 2.24) is 24.9 Å². The quantitative estimate of drug-likeness (QED) is 0.414. The number of nitrogens with zero attached hydrogens (tertiary/aromatic N) is 5. The van der Waals surface area contributed by atoms with E-state index < -0.39 is 11.4 Å². The maximum atomic E-state index is 12.3. The molecular weight excluding hydrogens is 466 g/mol. The van der Waals surface area contributed by atoms with Crippen LogP contribution in [0.1, 0.15) is 74.5 Å². The van der Waals surface area contributed by atoms with E-state index in [-0.39, 0.29) is 12.0 Å². The molecule has 1 aliphatic heterocycles. The van der Waals surface area contributed by atoms with E-state index in [1.165, 1.54) is 11.1 Å². The number of pyridine rings is 1. The molecule has 3 aromatic rings. The van der Waals surface area contributed by atoms with E-state index in [0.29, 0.717) is 19.4 Å². The van der Waals surface area contributed by atoms with Crippen molar-refractivity contribution in [2.24, 2.45) is 5.41 Å². The molecule has 0 spiro atoms. The number of carboxylic acids is 1. The van der Waals surface area contributed by atoms with Crippen LogP contribution in [0.3, 0.4) is 0 Å². The molecule has 0 amide bonds. The van der Waals surface area contributed by atoms with Crippen molar-refractivity contribution < 1.29 is 14.6 Å². The van der Waals surface area contributed by atoms with E-state index in [0.717, 1.165) is 48.8 Å². The number of hydrogen-bond donors (Lipinski definition) is 1. The normalized spacial score (nSPS) is 17.1. The Hall–Kier alpha value is -3.26. The smallest absolute Gasteiger partial charge is 0.309 e. The van der Waals surface area contributed by atoms with Crippen LogP contribution in [0, 0.1) is 12.3 Å². The van der Waals surface area contributed by atoms with Gasteiger partial charge in [-0.3, -0.25) is 19.4 Å². The highest BCUT2D eigenvalue weighted by atomic mass is 16.5. The summed E-state index contributed by atoms with van der Waals surface area (Å²) >= 11 is 0. The summed E-state index contributed by atoms with van der Waals surface area (Å²) in [6.45, 7) is 13.0. The Labute approximate surface area is 219 Å². The molecule has 2 atom stereocenters. The van der Waals surface area contributed by atoms with Gasteiger partial charge in [0.05, 0.1) is 16.8 Å². The van der Waals surface area contributed by atoms with Gasteiger partial charge in [-0.15, -0.1) is 5.10 Å². The van der Waals surface area contributed by atoms with Crippen LogP contribution in [-0.4, -0.2) is 48.6 Å². The molecular formula is C29H39N5O3. The van der Waals surface area contributed by atoms with E-state index >= 15 is 0 Å². The van der Waals surface area contributed by atoms with E-state index in [4.69, 9.17) is 4.74 Å². The van der Waals surface area contributed by atoms with Gasteiger partial charge in [0, 0.05) is 38.6 Å². The van der Waals surface area contributed by atoms with Gasteiger partial charge in [-0.2, -0.15) is 0 Å². The average molecular weight is 506 g/mol. The fourth-order valence-electron chi connectivity index (χ4n) is 5.08. The molecule has 8 heteroatoms. The van der Waals surface area contributed by atoms with E-state index in [9.17, 15) is 9.90 Å². The van der Waals surface area contributed by atoms with Gasteiger partial charge in [-0.1, -0.05) is 30.3 Å². The third-order valence-corrected chi connectivity index (χ3v) is 7.62. The van der Waals surface area contributed by atoms with Crippen LogP contribution < -0.4 is 4.74 Å². The Bertz CT molecular complexity index is 1220. The molecule has 3 heterocycles. The number of rotatable bonds is 10. The Kier molecular flexibility index (Phi) is 8.27. The van der Waals surface area contributed by atoms with Gasteiger partial charge in [0.2, 0.25) is 0 Å². The van der Waals surface area contributed by atoms with E-state index in [2.05, 4.69) is 52.2 Å². The second kappa shape index (κ2) is 11.4. The summed E-state index contributed by atoms with van der Waals surface area (Å²) < 4.78 is 8.04. The minimum absolute atomic E-state index is 0.101. The third kappa shape index (κ3) is 6.18. The van der Waals surface area contributed by atoms with Crippen molar-refractivity contribution in [2.45, 2.75) is 85.5 Å². The van der Waals surface area contributed by atoms with Gasteiger partial charge in [0.15, 0.2) is 0 Å². The van der Waals surface area contributed by atoms with Crippen molar-refractivity contribution >= 4 is 5.97 Å². The molecule has 0 saturated carbocycles. The zero-order valence-corrected chi connectivity index (χ0v) is 22.6. The number of benzene rings is 1. The van der Waals surface area contributed by atoms with Gasteiger partial charge in [0.25, 0.3) is 0 Å². The summed E-state index contributed by atoms with van der Waals surface area (Å²) in [7, 11) is 0. The highest BCUT2D eigenvalue weighted by Gasteiger charge is 2.38. The molecule has 8 nitrogen and oxygen atoms in total. The fourth-order valence-corrected chi connectivity index (χ4v) is 5.08. The summed E-state index contributed by atoms with van der Waals surface area (Å²) in [5, 5.41) is 18.5.